The summed E-state index contributed by atoms with van der Waals surface area (Å²) in [5.74, 6) is -0.0664. The zero-order chi connectivity index (χ0) is 34.0. The van der Waals surface area contributed by atoms with E-state index < -0.39 is 21.8 Å². The van der Waals surface area contributed by atoms with Crippen molar-refractivity contribution in [2.75, 3.05) is 0 Å². The normalized spacial score (nSPS) is 11.9. The van der Waals surface area contributed by atoms with Gasteiger partial charge in [-0.15, -0.1) is 11.3 Å². The maximum absolute atomic E-state index is 14.1. The SMILES string of the molecule is CCc1nc2c(C)cc(C)nc2n1Cc1ccc(-c2cc(CC(C)C)sc2S(=O)(=O)NC(=O)C(c2ccccc2)c2ccccc2)cc1. The third-order valence-corrected chi connectivity index (χ3v) is 11.4. The molecule has 0 bridgehead atoms. The maximum atomic E-state index is 14.1. The van der Waals surface area contributed by atoms with Crippen LogP contribution in [-0.2, 0) is 34.2 Å². The molecule has 3 aromatic heterocycles. The molecule has 0 saturated carbocycles. The standard InChI is InChI=1S/C39H40N4O3S2/c1-6-34-41-36-26(4)22-27(5)40-37(36)43(34)24-28-17-19-29(20-18-28)33-23-32(21-25(2)3)47-39(33)48(45,46)42-38(44)35(30-13-9-7-10-14-30)31-15-11-8-12-16-31/h7-20,22-23,25,35H,6,21,24H2,1-5H3,(H,42,44). The number of hydrogen-bond acceptors (Lipinski definition) is 6. The molecule has 0 atom stereocenters. The van der Waals surface area contributed by atoms with E-state index in [1.165, 1.54) is 11.3 Å². The fraction of sp³-hybridized carbons (Fsp3) is 0.256. The van der Waals surface area contributed by atoms with E-state index in [2.05, 4.69) is 43.1 Å². The van der Waals surface area contributed by atoms with Crippen LogP contribution < -0.4 is 4.72 Å². The van der Waals surface area contributed by atoms with Crippen molar-refractivity contribution in [2.45, 2.75) is 64.1 Å². The number of nitrogens with one attached hydrogen (secondary N) is 1. The Bertz CT molecular complexity index is 2130. The van der Waals surface area contributed by atoms with E-state index in [1.54, 1.807) is 0 Å². The highest BCUT2D eigenvalue weighted by Gasteiger charge is 2.30. The van der Waals surface area contributed by atoms with E-state index in [0.29, 0.717) is 18.0 Å². The van der Waals surface area contributed by atoms with Gasteiger partial charge >= 0.3 is 0 Å². The highest BCUT2D eigenvalue weighted by molar-refractivity contribution is 7.92. The average molecular weight is 677 g/mol. The predicted octanol–water partition coefficient (Wildman–Crippen LogP) is 8.22. The van der Waals surface area contributed by atoms with Crippen LogP contribution in [0, 0.1) is 19.8 Å². The second-order valence-corrected chi connectivity index (χ2v) is 15.7. The minimum Gasteiger partial charge on any atom is -0.308 e. The first-order valence-electron chi connectivity index (χ1n) is 16.3. The number of rotatable bonds is 11. The molecule has 6 rings (SSSR count). The fourth-order valence-electron chi connectivity index (χ4n) is 6.21. The molecule has 6 aromatic rings. The number of amides is 1. The van der Waals surface area contributed by atoms with Crippen molar-refractivity contribution in [1.29, 1.82) is 0 Å². The van der Waals surface area contributed by atoms with Gasteiger partial charge in [-0.05, 0) is 66.1 Å². The molecule has 48 heavy (non-hydrogen) atoms. The van der Waals surface area contributed by atoms with Crippen molar-refractivity contribution in [3.05, 3.63) is 136 Å². The van der Waals surface area contributed by atoms with Crippen molar-refractivity contribution < 1.29 is 13.2 Å². The van der Waals surface area contributed by atoms with Gasteiger partial charge in [0.1, 0.15) is 15.6 Å². The molecule has 0 aliphatic carbocycles. The van der Waals surface area contributed by atoms with Gasteiger partial charge in [0.2, 0.25) is 5.91 Å². The van der Waals surface area contributed by atoms with Crippen molar-refractivity contribution in [3.8, 4) is 11.1 Å². The topological polar surface area (TPSA) is 93.9 Å². The van der Waals surface area contributed by atoms with E-state index in [-0.39, 0.29) is 4.21 Å². The molecule has 0 saturated heterocycles. The Balaban J connectivity index is 1.33. The fourth-order valence-corrected chi connectivity index (χ4v) is 9.15. The summed E-state index contributed by atoms with van der Waals surface area (Å²) in [7, 11) is -4.21. The van der Waals surface area contributed by atoms with E-state index >= 15 is 0 Å². The Morgan fingerprint density at radius 3 is 2.08 bits per heavy atom. The quantitative estimate of drug-likeness (QED) is 0.149. The van der Waals surface area contributed by atoms with Gasteiger partial charge < -0.3 is 4.57 Å². The second kappa shape index (κ2) is 13.9. The smallest absolute Gasteiger partial charge is 0.274 e. The first-order valence-corrected chi connectivity index (χ1v) is 18.6. The highest BCUT2D eigenvalue weighted by atomic mass is 32.2. The number of thiophene rings is 1. The Hall–Kier alpha value is -4.60. The Morgan fingerprint density at radius 1 is 0.875 bits per heavy atom. The molecule has 0 unspecified atom stereocenters. The van der Waals surface area contributed by atoms with E-state index in [0.717, 1.165) is 68.2 Å². The molecule has 1 N–H and O–H groups in total. The van der Waals surface area contributed by atoms with Crippen LogP contribution in [0.3, 0.4) is 0 Å². The zero-order valence-electron chi connectivity index (χ0n) is 27.9. The molecular weight excluding hydrogens is 637 g/mol. The summed E-state index contributed by atoms with van der Waals surface area (Å²) >= 11 is 1.23. The molecule has 0 spiro atoms. The monoisotopic (exact) mass is 676 g/mol. The lowest BCUT2D eigenvalue weighted by Crippen LogP contribution is -2.35. The number of carbonyl (C=O) groups is 1. The van der Waals surface area contributed by atoms with Crippen molar-refractivity contribution in [1.82, 2.24) is 19.3 Å². The number of aromatic nitrogens is 3. The predicted molar refractivity (Wildman–Crippen MR) is 194 cm³/mol. The Labute approximate surface area is 286 Å². The lowest BCUT2D eigenvalue weighted by atomic mass is 9.91. The van der Waals surface area contributed by atoms with Crippen molar-refractivity contribution in [3.63, 3.8) is 0 Å². The highest BCUT2D eigenvalue weighted by Crippen LogP contribution is 2.37. The number of hydrogen-bond donors (Lipinski definition) is 1. The molecule has 0 aliphatic rings. The molecular formula is C39H40N4O3S2. The first-order chi connectivity index (χ1) is 23.0. The third-order valence-electron chi connectivity index (χ3n) is 8.39. The van der Waals surface area contributed by atoms with Gasteiger partial charge in [0, 0.05) is 22.6 Å². The number of aryl methyl sites for hydroxylation is 3. The van der Waals surface area contributed by atoms with Crippen molar-refractivity contribution >= 4 is 38.4 Å². The Kier molecular flexibility index (Phi) is 9.62. The summed E-state index contributed by atoms with van der Waals surface area (Å²) in [6, 6.07) is 30.5. The van der Waals surface area contributed by atoms with Gasteiger partial charge in [0.05, 0.1) is 12.5 Å². The van der Waals surface area contributed by atoms with Crippen LogP contribution in [0.15, 0.2) is 101 Å². The lowest BCUT2D eigenvalue weighted by molar-refractivity contribution is -0.119. The van der Waals surface area contributed by atoms with Gasteiger partial charge in [0.15, 0.2) is 5.65 Å². The number of benzene rings is 3. The Morgan fingerprint density at radius 2 is 1.50 bits per heavy atom. The number of fused-ring (bicyclic) bond motifs is 1. The number of nitrogens with zero attached hydrogens (tertiary/aromatic N) is 3. The maximum Gasteiger partial charge on any atom is 0.274 e. The molecule has 3 heterocycles. The summed E-state index contributed by atoms with van der Waals surface area (Å²) in [6.07, 6.45) is 1.51. The van der Waals surface area contributed by atoms with Crippen LogP contribution in [0.4, 0.5) is 0 Å². The van der Waals surface area contributed by atoms with Gasteiger partial charge in [-0.25, -0.2) is 23.1 Å². The molecule has 1 amide bonds. The summed E-state index contributed by atoms with van der Waals surface area (Å²) in [5.41, 5.74) is 7.71. The third kappa shape index (κ3) is 6.98. The van der Waals surface area contributed by atoms with Crippen LogP contribution in [0.5, 0.6) is 0 Å². The second-order valence-electron chi connectivity index (χ2n) is 12.7. The summed E-state index contributed by atoms with van der Waals surface area (Å²) < 4.78 is 32.9. The largest absolute Gasteiger partial charge is 0.308 e. The van der Waals surface area contributed by atoms with Crippen LogP contribution in [-0.4, -0.2) is 28.9 Å². The van der Waals surface area contributed by atoms with Crippen LogP contribution >= 0.6 is 11.3 Å². The molecule has 246 valence electrons. The molecule has 0 fully saturated rings. The summed E-state index contributed by atoms with van der Waals surface area (Å²) in [4.78, 5) is 24.5. The van der Waals surface area contributed by atoms with Gasteiger partial charge in [0.25, 0.3) is 10.0 Å². The van der Waals surface area contributed by atoms with E-state index in [4.69, 9.17) is 9.97 Å². The van der Waals surface area contributed by atoms with Crippen LogP contribution in [0.1, 0.15) is 65.3 Å². The van der Waals surface area contributed by atoms with Crippen LogP contribution in [0.2, 0.25) is 0 Å². The number of imidazole rings is 1. The van der Waals surface area contributed by atoms with Gasteiger partial charge in [-0.1, -0.05) is 106 Å². The van der Waals surface area contributed by atoms with Gasteiger partial charge in [-0.3, -0.25) is 4.79 Å². The lowest BCUT2D eigenvalue weighted by Gasteiger charge is -2.18. The zero-order valence-corrected chi connectivity index (χ0v) is 29.5. The van der Waals surface area contributed by atoms with Crippen molar-refractivity contribution in [2.24, 2.45) is 5.92 Å². The number of pyridine rings is 1. The van der Waals surface area contributed by atoms with E-state index in [9.17, 15) is 13.2 Å². The average Bonchev–Trinajstić information content (AvgIpc) is 3.64. The number of sulfonamides is 1. The first kappa shape index (κ1) is 33.3. The van der Waals surface area contributed by atoms with E-state index in [1.807, 2.05) is 97.9 Å². The van der Waals surface area contributed by atoms with Crippen LogP contribution in [0.25, 0.3) is 22.3 Å². The summed E-state index contributed by atoms with van der Waals surface area (Å²) in [6.45, 7) is 11.0. The molecule has 0 radical (unpaired) electrons. The summed E-state index contributed by atoms with van der Waals surface area (Å²) in [5, 5.41) is 0. The minimum atomic E-state index is -4.21. The molecule has 7 nitrogen and oxygen atoms in total. The molecule has 9 heteroatoms. The number of carbonyl (C=O) groups excluding carboxylic acids is 1. The minimum absolute atomic E-state index is 0.142. The van der Waals surface area contributed by atoms with Gasteiger partial charge in [-0.2, -0.15) is 0 Å². The molecule has 0 aliphatic heterocycles. The molecule has 3 aromatic carbocycles.